The predicted molar refractivity (Wildman–Crippen MR) is 133 cm³/mol. The molecule has 10 nitrogen and oxygen atoms in total. The van der Waals surface area contributed by atoms with Crippen molar-refractivity contribution < 1.29 is 27.5 Å². The van der Waals surface area contributed by atoms with Gasteiger partial charge in [0.05, 0.1) is 18.5 Å². The molecule has 2 amide bonds. The second-order valence-electron chi connectivity index (χ2n) is 8.86. The molecule has 0 saturated carbocycles. The molecule has 13 heteroatoms. The van der Waals surface area contributed by atoms with Crippen molar-refractivity contribution in [1.82, 2.24) is 29.7 Å². The van der Waals surface area contributed by atoms with Crippen LogP contribution in [0.25, 0.3) is 16.9 Å². The lowest BCUT2D eigenvalue weighted by Gasteiger charge is -2.11. The van der Waals surface area contributed by atoms with Crippen molar-refractivity contribution in [2.24, 2.45) is 5.92 Å². The molecular weight excluding hydrogens is 503 g/mol. The number of methoxy groups -OCH3 is 1. The topological polar surface area (TPSA) is 115 Å². The molecule has 0 aliphatic carbocycles. The number of fused-ring (bicyclic) bond motifs is 1. The Morgan fingerprint density at radius 1 is 1.08 bits per heavy atom. The van der Waals surface area contributed by atoms with Crippen molar-refractivity contribution >= 4 is 23.1 Å². The van der Waals surface area contributed by atoms with E-state index in [-0.39, 0.29) is 34.3 Å². The van der Waals surface area contributed by atoms with Gasteiger partial charge in [0.25, 0.3) is 11.8 Å². The summed E-state index contributed by atoms with van der Waals surface area (Å²) >= 11 is 0. The van der Waals surface area contributed by atoms with Gasteiger partial charge in [0.2, 0.25) is 0 Å². The number of hydrogen-bond acceptors (Lipinski definition) is 6. The molecule has 0 aliphatic rings. The van der Waals surface area contributed by atoms with Crippen LogP contribution in [0.4, 0.5) is 18.9 Å². The van der Waals surface area contributed by atoms with Crippen LogP contribution >= 0.6 is 0 Å². The van der Waals surface area contributed by atoms with Crippen LogP contribution in [0.1, 0.15) is 47.4 Å². The number of ether oxygens (including phenoxy) is 1. The average Bonchev–Trinajstić information content (AvgIpc) is 3.50. The SMILES string of the molecule is CCn1cc(NC(=O)c2cc3nc(-c4ccc(OC)cc4)cc(C(F)(F)F)n3n2)c(C(=O)NCC(C)C)n1. The van der Waals surface area contributed by atoms with Gasteiger partial charge in [0.1, 0.15) is 5.75 Å². The van der Waals surface area contributed by atoms with Gasteiger partial charge in [0.15, 0.2) is 22.7 Å². The summed E-state index contributed by atoms with van der Waals surface area (Å²) in [5.41, 5.74) is -1.01. The molecule has 0 bridgehead atoms. The molecule has 3 aromatic heterocycles. The van der Waals surface area contributed by atoms with Crippen LogP contribution in [0, 0.1) is 5.92 Å². The van der Waals surface area contributed by atoms with Crippen LogP contribution in [0.2, 0.25) is 0 Å². The van der Waals surface area contributed by atoms with E-state index in [0.29, 0.717) is 28.9 Å². The molecule has 2 N–H and O–H groups in total. The van der Waals surface area contributed by atoms with Gasteiger partial charge in [-0.15, -0.1) is 0 Å². The second-order valence-corrected chi connectivity index (χ2v) is 8.86. The maximum Gasteiger partial charge on any atom is 0.433 e. The van der Waals surface area contributed by atoms with E-state index in [1.807, 2.05) is 13.8 Å². The van der Waals surface area contributed by atoms with E-state index in [9.17, 15) is 22.8 Å². The van der Waals surface area contributed by atoms with Gasteiger partial charge in [-0.3, -0.25) is 14.3 Å². The number of rotatable bonds is 8. The minimum Gasteiger partial charge on any atom is -0.497 e. The maximum absolute atomic E-state index is 13.9. The van der Waals surface area contributed by atoms with Crippen LogP contribution in [-0.2, 0) is 12.7 Å². The summed E-state index contributed by atoms with van der Waals surface area (Å²) in [7, 11) is 1.48. The first-order chi connectivity index (χ1) is 18.0. The van der Waals surface area contributed by atoms with E-state index >= 15 is 0 Å². The number of alkyl halides is 3. The number of aromatic nitrogens is 5. The standard InChI is InChI=1S/C25H26F3N7O3/c1-5-34-13-19(22(33-34)24(37)29-12-14(2)3)31-23(36)18-11-21-30-17(15-6-8-16(38-4)9-7-15)10-20(25(26,27)28)35(21)32-18/h6-11,13-14H,5,12H2,1-4H3,(H,29,37)(H,31,36). The summed E-state index contributed by atoms with van der Waals surface area (Å²) in [5, 5.41) is 13.3. The van der Waals surface area contributed by atoms with Gasteiger partial charge < -0.3 is 15.4 Å². The lowest BCUT2D eigenvalue weighted by Crippen LogP contribution is -2.28. The number of carbonyl (C=O) groups is 2. The van der Waals surface area contributed by atoms with Crippen molar-refractivity contribution in [1.29, 1.82) is 0 Å². The molecule has 200 valence electrons. The molecule has 0 aliphatic heterocycles. The van der Waals surface area contributed by atoms with E-state index in [1.165, 1.54) is 18.0 Å². The van der Waals surface area contributed by atoms with Gasteiger partial charge in [-0.2, -0.15) is 23.4 Å². The summed E-state index contributed by atoms with van der Waals surface area (Å²) in [6, 6.07) is 8.40. The molecule has 4 aromatic rings. The monoisotopic (exact) mass is 529 g/mol. The summed E-state index contributed by atoms with van der Waals surface area (Å²) in [4.78, 5) is 29.9. The summed E-state index contributed by atoms with van der Waals surface area (Å²) < 4.78 is 49.0. The van der Waals surface area contributed by atoms with Crippen molar-refractivity contribution in [2.75, 3.05) is 19.0 Å². The van der Waals surface area contributed by atoms with E-state index in [1.54, 1.807) is 31.2 Å². The van der Waals surface area contributed by atoms with Gasteiger partial charge >= 0.3 is 6.18 Å². The van der Waals surface area contributed by atoms with Crippen LogP contribution in [0.5, 0.6) is 5.75 Å². The van der Waals surface area contributed by atoms with E-state index in [4.69, 9.17) is 4.74 Å². The number of anilines is 1. The molecule has 0 saturated heterocycles. The first-order valence-corrected chi connectivity index (χ1v) is 11.8. The number of nitrogens with zero attached hydrogens (tertiary/aromatic N) is 5. The molecular formula is C25H26F3N7O3. The van der Waals surface area contributed by atoms with Crippen molar-refractivity contribution in [3.05, 3.63) is 59.7 Å². The fourth-order valence-electron chi connectivity index (χ4n) is 3.61. The Morgan fingerprint density at radius 3 is 2.39 bits per heavy atom. The minimum absolute atomic E-state index is 0.0134. The lowest BCUT2D eigenvalue weighted by molar-refractivity contribution is -0.142. The first kappa shape index (κ1) is 26.6. The van der Waals surface area contributed by atoms with Gasteiger partial charge in [-0.1, -0.05) is 13.8 Å². The third-order valence-corrected chi connectivity index (χ3v) is 5.56. The third-order valence-electron chi connectivity index (χ3n) is 5.56. The Balaban J connectivity index is 1.69. The zero-order valence-electron chi connectivity index (χ0n) is 21.1. The number of nitrogens with one attached hydrogen (secondary N) is 2. The van der Waals surface area contributed by atoms with Gasteiger partial charge in [-0.05, 0) is 43.2 Å². The fraction of sp³-hybridized carbons (Fsp3) is 0.320. The molecule has 3 heterocycles. The Morgan fingerprint density at radius 2 is 1.79 bits per heavy atom. The second kappa shape index (κ2) is 10.5. The van der Waals surface area contributed by atoms with E-state index in [0.717, 1.165) is 12.1 Å². The Kier molecular flexibility index (Phi) is 7.37. The quantitative estimate of drug-likeness (QED) is 0.352. The zero-order chi connectivity index (χ0) is 27.6. The summed E-state index contributed by atoms with van der Waals surface area (Å²) in [5.74, 6) is -0.566. The predicted octanol–water partition coefficient (Wildman–Crippen LogP) is 4.28. The van der Waals surface area contributed by atoms with E-state index < -0.39 is 23.7 Å². The van der Waals surface area contributed by atoms with Crippen LogP contribution in [0.3, 0.4) is 0 Å². The Hall–Kier alpha value is -4.42. The maximum atomic E-state index is 13.9. The number of carbonyl (C=O) groups excluding carboxylic acids is 2. The molecule has 0 radical (unpaired) electrons. The highest BCUT2D eigenvalue weighted by molar-refractivity contribution is 6.07. The van der Waals surface area contributed by atoms with Crippen molar-refractivity contribution in [2.45, 2.75) is 33.5 Å². The molecule has 0 spiro atoms. The van der Waals surface area contributed by atoms with Gasteiger partial charge in [0, 0.05) is 30.9 Å². The van der Waals surface area contributed by atoms with E-state index in [2.05, 4.69) is 25.8 Å². The van der Waals surface area contributed by atoms with Gasteiger partial charge in [-0.25, -0.2) is 9.50 Å². The number of halogens is 3. The molecule has 0 atom stereocenters. The molecule has 0 fully saturated rings. The van der Waals surface area contributed by atoms with Crippen molar-refractivity contribution in [3.63, 3.8) is 0 Å². The highest BCUT2D eigenvalue weighted by Gasteiger charge is 2.36. The normalized spacial score (nSPS) is 11.7. The van der Waals surface area contributed by atoms with Crippen LogP contribution < -0.4 is 15.4 Å². The molecule has 38 heavy (non-hydrogen) atoms. The zero-order valence-corrected chi connectivity index (χ0v) is 21.1. The minimum atomic E-state index is -4.77. The molecule has 0 unspecified atom stereocenters. The highest BCUT2D eigenvalue weighted by atomic mass is 19.4. The Bertz CT molecular complexity index is 1470. The largest absolute Gasteiger partial charge is 0.497 e. The molecule has 4 rings (SSSR count). The first-order valence-electron chi connectivity index (χ1n) is 11.8. The number of hydrogen-bond donors (Lipinski definition) is 2. The fourth-order valence-corrected chi connectivity index (χ4v) is 3.61. The lowest BCUT2D eigenvalue weighted by atomic mass is 10.1. The van der Waals surface area contributed by atoms with Crippen LogP contribution in [0.15, 0.2) is 42.6 Å². The van der Waals surface area contributed by atoms with Crippen LogP contribution in [-0.4, -0.2) is 49.8 Å². The smallest absolute Gasteiger partial charge is 0.433 e. The summed E-state index contributed by atoms with van der Waals surface area (Å²) in [6.07, 6.45) is -3.30. The van der Waals surface area contributed by atoms with Crippen molar-refractivity contribution in [3.8, 4) is 17.0 Å². The highest BCUT2D eigenvalue weighted by Crippen LogP contribution is 2.33. The average molecular weight is 530 g/mol. The number of aryl methyl sites for hydroxylation is 1. The Labute approximate surface area is 215 Å². The molecule has 1 aromatic carbocycles. The summed E-state index contributed by atoms with van der Waals surface area (Å²) in [6.45, 7) is 6.50. The third kappa shape index (κ3) is 5.61. The number of amides is 2. The number of benzene rings is 1.